The molecule has 0 bridgehead atoms. The van der Waals surface area contributed by atoms with Crippen molar-refractivity contribution in [3.05, 3.63) is 77.9 Å². The van der Waals surface area contributed by atoms with E-state index in [1.165, 1.54) is 19.2 Å². The number of rotatable bonds is 5. The summed E-state index contributed by atoms with van der Waals surface area (Å²) >= 11 is 0. The van der Waals surface area contributed by atoms with Gasteiger partial charge in [-0.15, -0.1) is 0 Å². The number of Topliss-reactive ketones (excluding diaryl/α,β-unsaturated/α-hetero) is 1. The molecule has 6 heteroatoms. The zero-order chi connectivity index (χ0) is 18.5. The standard InChI is InChI=1S/C20H15N3O3/c1-13(24)19(25)18-11-12-22-20(23-18)14-3-7-16(8-4-14)26-17-9-5-15(21-2)6-10-17/h3-12,19,25H,1H3/t19-/m0/s1. The fourth-order valence-corrected chi connectivity index (χ4v) is 2.27. The van der Waals surface area contributed by atoms with Gasteiger partial charge >= 0.3 is 0 Å². The second kappa shape index (κ2) is 7.55. The summed E-state index contributed by atoms with van der Waals surface area (Å²) < 4.78 is 5.73. The van der Waals surface area contributed by atoms with Crippen LogP contribution in [0.25, 0.3) is 16.2 Å². The average molecular weight is 345 g/mol. The number of ether oxygens (including phenoxy) is 1. The van der Waals surface area contributed by atoms with Crippen LogP contribution in [0.1, 0.15) is 18.7 Å². The lowest BCUT2D eigenvalue weighted by Crippen LogP contribution is -2.10. The minimum absolute atomic E-state index is 0.266. The predicted molar refractivity (Wildman–Crippen MR) is 95.9 cm³/mol. The second-order valence-corrected chi connectivity index (χ2v) is 5.55. The van der Waals surface area contributed by atoms with Crippen molar-refractivity contribution < 1.29 is 14.6 Å². The number of aliphatic hydroxyl groups excluding tert-OH is 1. The molecule has 6 nitrogen and oxygen atoms in total. The Balaban J connectivity index is 1.78. The van der Waals surface area contributed by atoms with Gasteiger partial charge in [0.05, 0.1) is 12.3 Å². The molecule has 3 aromatic rings. The zero-order valence-electron chi connectivity index (χ0n) is 14.0. The third-order valence-corrected chi connectivity index (χ3v) is 3.66. The quantitative estimate of drug-likeness (QED) is 0.704. The normalized spacial score (nSPS) is 11.4. The Labute approximate surface area is 150 Å². The zero-order valence-corrected chi connectivity index (χ0v) is 14.0. The van der Waals surface area contributed by atoms with Crippen molar-refractivity contribution in [2.45, 2.75) is 13.0 Å². The Morgan fingerprint density at radius 1 is 1.08 bits per heavy atom. The van der Waals surface area contributed by atoms with Gasteiger partial charge in [-0.1, -0.05) is 12.1 Å². The molecule has 1 heterocycles. The van der Waals surface area contributed by atoms with Crippen LogP contribution in [0.2, 0.25) is 0 Å². The van der Waals surface area contributed by atoms with Crippen molar-refractivity contribution in [1.29, 1.82) is 0 Å². The number of benzene rings is 2. The van der Waals surface area contributed by atoms with Gasteiger partial charge in [-0.05, 0) is 49.4 Å². The summed E-state index contributed by atoms with van der Waals surface area (Å²) in [6, 6.07) is 15.5. The molecule has 0 spiro atoms. The first-order chi connectivity index (χ1) is 12.6. The Hall–Kier alpha value is -3.56. The number of aliphatic hydroxyl groups is 1. The van der Waals surface area contributed by atoms with Crippen molar-refractivity contribution in [2.75, 3.05) is 0 Å². The molecular weight excluding hydrogens is 330 g/mol. The highest BCUT2D eigenvalue weighted by Gasteiger charge is 2.15. The van der Waals surface area contributed by atoms with E-state index in [0.717, 1.165) is 5.56 Å². The van der Waals surface area contributed by atoms with Gasteiger partial charge in [0.15, 0.2) is 23.4 Å². The number of hydrogen-bond donors (Lipinski definition) is 1. The maximum atomic E-state index is 11.3. The molecular formula is C20H15N3O3. The molecule has 0 aliphatic rings. The minimum Gasteiger partial charge on any atom is -0.457 e. The second-order valence-electron chi connectivity index (χ2n) is 5.55. The number of carbonyl (C=O) groups is 1. The van der Waals surface area contributed by atoms with E-state index in [1.807, 2.05) is 0 Å². The summed E-state index contributed by atoms with van der Waals surface area (Å²) in [6.45, 7) is 8.25. The Bertz CT molecular complexity index is 961. The topological polar surface area (TPSA) is 76.7 Å². The highest BCUT2D eigenvalue weighted by molar-refractivity contribution is 5.81. The SMILES string of the molecule is [C-]#[N+]c1ccc(Oc2ccc(-c3nccc([C@@H](O)C(C)=O)n3)cc2)cc1. The summed E-state index contributed by atoms with van der Waals surface area (Å²) in [7, 11) is 0. The fraction of sp³-hybridized carbons (Fsp3) is 0.100. The van der Waals surface area contributed by atoms with Crippen molar-refractivity contribution in [2.24, 2.45) is 0 Å². The van der Waals surface area contributed by atoms with Crippen LogP contribution in [0, 0.1) is 6.57 Å². The maximum absolute atomic E-state index is 11.3. The molecule has 0 amide bonds. The highest BCUT2D eigenvalue weighted by atomic mass is 16.5. The number of aromatic nitrogens is 2. The van der Waals surface area contributed by atoms with E-state index in [-0.39, 0.29) is 11.5 Å². The number of carbonyl (C=O) groups excluding carboxylic acids is 1. The van der Waals surface area contributed by atoms with E-state index in [0.29, 0.717) is 23.0 Å². The molecule has 2 aromatic carbocycles. The van der Waals surface area contributed by atoms with Crippen LogP contribution < -0.4 is 4.74 Å². The summed E-state index contributed by atoms with van der Waals surface area (Å²) in [4.78, 5) is 23.1. The molecule has 1 atom stereocenters. The summed E-state index contributed by atoms with van der Waals surface area (Å²) in [6.07, 6.45) is 0.255. The Morgan fingerprint density at radius 2 is 1.69 bits per heavy atom. The van der Waals surface area contributed by atoms with Crippen LogP contribution in [-0.2, 0) is 4.79 Å². The van der Waals surface area contributed by atoms with Crippen molar-refractivity contribution >= 4 is 11.5 Å². The van der Waals surface area contributed by atoms with Crippen LogP contribution in [0.15, 0.2) is 60.8 Å². The van der Waals surface area contributed by atoms with Crippen LogP contribution in [0.3, 0.4) is 0 Å². The summed E-state index contributed by atoms with van der Waals surface area (Å²) in [5.41, 5.74) is 1.55. The molecule has 0 saturated carbocycles. The van der Waals surface area contributed by atoms with Gasteiger partial charge in [-0.3, -0.25) is 4.79 Å². The lowest BCUT2D eigenvalue weighted by molar-refractivity contribution is -0.125. The van der Waals surface area contributed by atoms with Crippen LogP contribution in [0.5, 0.6) is 11.5 Å². The van der Waals surface area contributed by atoms with Gasteiger partial charge in [0.2, 0.25) is 0 Å². The maximum Gasteiger partial charge on any atom is 0.187 e. The van der Waals surface area contributed by atoms with Gasteiger partial charge in [0.25, 0.3) is 0 Å². The number of hydrogen-bond acceptors (Lipinski definition) is 5. The van der Waals surface area contributed by atoms with Crippen molar-refractivity contribution in [3.63, 3.8) is 0 Å². The lowest BCUT2D eigenvalue weighted by Gasteiger charge is -2.09. The third-order valence-electron chi connectivity index (χ3n) is 3.66. The van der Waals surface area contributed by atoms with Gasteiger partial charge < -0.3 is 9.84 Å². The molecule has 0 fully saturated rings. The molecule has 0 unspecified atom stereocenters. The first-order valence-electron chi connectivity index (χ1n) is 7.84. The highest BCUT2D eigenvalue weighted by Crippen LogP contribution is 2.26. The largest absolute Gasteiger partial charge is 0.457 e. The molecule has 3 rings (SSSR count). The van der Waals surface area contributed by atoms with E-state index in [2.05, 4.69) is 14.8 Å². The lowest BCUT2D eigenvalue weighted by atomic mass is 10.1. The minimum atomic E-state index is -1.25. The van der Waals surface area contributed by atoms with E-state index in [9.17, 15) is 9.90 Å². The van der Waals surface area contributed by atoms with Crippen LogP contribution in [0.4, 0.5) is 5.69 Å². The average Bonchev–Trinajstić information content (AvgIpc) is 2.68. The van der Waals surface area contributed by atoms with E-state index >= 15 is 0 Å². The first kappa shape index (κ1) is 17.3. The Kier molecular flexibility index (Phi) is 5.02. The number of nitrogens with zero attached hydrogens (tertiary/aromatic N) is 3. The van der Waals surface area contributed by atoms with Gasteiger partial charge in [0, 0.05) is 11.8 Å². The van der Waals surface area contributed by atoms with Crippen LogP contribution >= 0.6 is 0 Å². The molecule has 128 valence electrons. The summed E-state index contributed by atoms with van der Waals surface area (Å²) in [5, 5.41) is 9.84. The predicted octanol–water partition coefficient (Wildman–Crippen LogP) is 4.11. The third kappa shape index (κ3) is 3.91. The molecule has 1 aromatic heterocycles. The Morgan fingerprint density at radius 3 is 2.27 bits per heavy atom. The molecule has 0 aliphatic heterocycles. The fourth-order valence-electron chi connectivity index (χ4n) is 2.27. The molecule has 0 radical (unpaired) electrons. The first-order valence-corrected chi connectivity index (χ1v) is 7.84. The molecule has 26 heavy (non-hydrogen) atoms. The van der Waals surface area contributed by atoms with E-state index in [1.54, 1.807) is 48.5 Å². The summed E-state index contributed by atoms with van der Waals surface area (Å²) in [5.74, 6) is 1.30. The smallest absolute Gasteiger partial charge is 0.187 e. The molecule has 0 saturated heterocycles. The van der Waals surface area contributed by atoms with E-state index in [4.69, 9.17) is 11.3 Å². The van der Waals surface area contributed by atoms with Crippen LogP contribution in [-0.4, -0.2) is 20.9 Å². The monoisotopic (exact) mass is 345 g/mol. The van der Waals surface area contributed by atoms with Gasteiger partial charge in [0.1, 0.15) is 11.5 Å². The molecule has 0 aliphatic carbocycles. The number of ketones is 1. The molecule has 1 N–H and O–H groups in total. The van der Waals surface area contributed by atoms with Crippen molar-refractivity contribution in [3.8, 4) is 22.9 Å². The van der Waals surface area contributed by atoms with Gasteiger partial charge in [-0.25, -0.2) is 14.8 Å². The van der Waals surface area contributed by atoms with E-state index < -0.39 is 6.10 Å². The van der Waals surface area contributed by atoms with Crippen molar-refractivity contribution in [1.82, 2.24) is 9.97 Å². The van der Waals surface area contributed by atoms with Gasteiger partial charge in [-0.2, -0.15) is 0 Å².